The molecule has 0 aromatic carbocycles. The van der Waals surface area contributed by atoms with Gasteiger partial charge in [0.1, 0.15) is 25.0 Å². The number of nitrogens with zero attached hydrogens (tertiary/aromatic N) is 4. The molecular formula is C43H59N7O13S2. The van der Waals surface area contributed by atoms with Gasteiger partial charge in [-0.2, -0.15) is 10.5 Å². The molecular weight excluding hydrogens is 887 g/mol. The van der Waals surface area contributed by atoms with Gasteiger partial charge in [0.25, 0.3) is 0 Å². The predicted molar refractivity (Wildman–Crippen MR) is 232 cm³/mol. The zero-order valence-electron chi connectivity index (χ0n) is 36.7. The number of hydrogen-bond donors (Lipinski definition) is 4. The van der Waals surface area contributed by atoms with Gasteiger partial charge in [-0.1, -0.05) is 0 Å². The Labute approximate surface area is 386 Å². The molecule has 6 amide bonds. The lowest BCUT2D eigenvalue weighted by Gasteiger charge is -2.30. The van der Waals surface area contributed by atoms with Gasteiger partial charge in [0.05, 0.1) is 47.7 Å². The highest BCUT2D eigenvalue weighted by molar-refractivity contribution is 8.01. The number of nitrogens with two attached hydrogens (primary N) is 1. The Hall–Kier alpha value is -5.06. The zero-order valence-corrected chi connectivity index (χ0v) is 38.4. The SMILES string of the molecule is CC(C#N)C(=O)OCCNC(=O)C1CCC(CN2C(=O)CC(SCC(N)C(=O)CC(CSC3CC(=O)N(CC4CCC(C(=O)NCCOC(=O)C(C)C#N)CC4)C3=O)C(=O)O)C2=O)CC1. The number of aliphatic carboxylic acids is 1. The second kappa shape index (κ2) is 25.6. The second-order valence-corrected chi connectivity index (χ2v) is 19.6. The molecule has 4 fully saturated rings. The summed E-state index contributed by atoms with van der Waals surface area (Å²) >= 11 is 2.07. The second-order valence-electron chi connectivity index (χ2n) is 17.1. The standard InChI is InChI=1S/C43H59N7O13S2/c1-24(18-44)42(60)62-13-11-47-37(54)28-7-3-26(4-8-28)20-49-35(52)16-33(39(49)56)64-22-30(41(58)59)15-32(51)31(46)23-65-34-17-36(53)50(40(34)57)21-27-5-9-29(10-6-27)38(55)48-12-14-63-43(61)25(2)19-45/h24-31,33-34H,3-17,20-23,46H2,1-2H3,(H,47,54)(H,48,55)(H,58,59). The molecule has 22 heteroatoms. The molecule has 5 N–H and O–H groups in total. The van der Waals surface area contributed by atoms with Gasteiger partial charge in [-0.25, -0.2) is 0 Å². The lowest BCUT2D eigenvalue weighted by Crippen LogP contribution is -2.40. The first-order valence-corrected chi connectivity index (χ1v) is 24.1. The van der Waals surface area contributed by atoms with Crippen LogP contribution < -0.4 is 16.4 Å². The monoisotopic (exact) mass is 945 g/mol. The van der Waals surface area contributed by atoms with E-state index in [-0.39, 0.29) is 117 Å². The van der Waals surface area contributed by atoms with Crippen molar-refractivity contribution in [3.8, 4) is 12.1 Å². The fourth-order valence-corrected chi connectivity index (χ4v) is 10.5. The molecule has 2 saturated carbocycles. The average Bonchev–Trinajstić information content (AvgIpc) is 3.72. The van der Waals surface area contributed by atoms with Gasteiger partial charge >= 0.3 is 17.9 Å². The average molecular weight is 946 g/mol. The molecule has 0 aromatic rings. The summed E-state index contributed by atoms with van der Waals surface area (Å²) in [5.41, 5.74) is 6.16. The quantitative estimate of drug-likeness (QED) is 0.0595. The number of amides is 6. The number of imide groups is 2. The molecule has 2 aliphatic carbocycles. The zero-order chi connectivity index (χ0) is 47.8. The van der Waals surface area contributed by atoms with Gasteiger partial charge in [-0.15, -0.1) is 23.5 Å². The summed E-state index contributed by atoms with van der Waals surface area (Å²) in [4.78, 5) is 128. The van der Waals surface area contributed by atoms with E-state index in [0.29, 0.717) is 51.4 Å². The first-order valence-electron chi connectivity index (χ1n) is 22.0. The molecule has 4 aliphatic rings. The van der Waals surface area contributed by atoms with E-state index in [2.05, 4.69) is 10.6 Å². The number of ether oxygens (including phenoxy) is 2. The molecule has 0 bridgehead atoms. The molecule has 0 radical (unpaired) electrons. The smallest absolute Gasteiger partial charge is 0.323 e. The maximum absolute atomic E-state index is 13.3. The number of hydrogen-bond acceptors (Lipinski definition) is 17. The van der Waals surface area contributed by atoms with Crippen molar-refractivity contribution in [3.05, 3.63) is 0 Å². The van der Waals surface area contributed by atoms with Crippen LogP contribution in [-0.4, -0.2) is 141 Å². The van der Waals surface area contributed by atoms with E-state index in [1.54, 1.807) is 12.1 Å². The van der Waals surface area contributed by atoms with E-state index in [9.17, 15) is 53.1 Å². The third-order valence-corrected chi connectivity index (χ3v) is 15.0. The number of carbonyl (C=O) groups excluding carboxylic acids is 9. The van der Waals surface area contributed by atoms with Crippen molar-refractivity contribution >= 4 is 82.7 Å². The molecule has 6 atom stereocenters. The maximum atomic E-state index is 13.3. The van der Waals surface area contributed by atoms with Crippen molar-refractivity contribution in [1.82, 2.24) is 20.4 Å². The van der Waals surface area contributed by atoms with Gasteiger partial charge in [-0.05, 0) is 77.0 Å². The van der Waals surface area contributed by atoms with E-state index in [1.807, 2.05) is 0 Å². The van der Waals surface area contributed by atoms with Crippen LogP contribution in [0.2, 0.25) is 0 Å². The van der Waals surface area contributed by atoms with Gasteiger partial charge in [0.2, 0.25) is 35.4 Å². The summed E-state index contributed by atoms with van der Waals surface area (Å²) < 4.78 is 9.92. The summed E-state index contributed by atoms with van der Waals surface area (Å²) in [6.45, 7) is 3.37. The highest BCUT2D eigenvalue weighted by Crippen LogP contribution is 2.35. The maximum Gasteiger partial charge on any atom is 0.323 e. The summed E-state index contributed by atoms with van der Waals surface area (Å²) in [6.07, 6.45) is 4.05. The predicted octanol–water partition coefficient (Wildman–Crippen LogP) is 0.946. The number of rotatable bonds is 24. The van der Waals surface area contributed by atoms with Crippen molar-refractivity contribution in [2.75, 3.05) is 50.9 Å². The van der Waals surface area contributed by atoms with Crippen LogP contribution in [0.1, 0.15) is 84.5 Å². The number of nitrogens with one attached hydrogen (secondary N) is 2. The van der Waals surface area contributed by atoms with Crippen LogP contribution in [0.3, 0.4) is 0 Å². The van der Waals surface area contributed by atoms with Gasteiger partial charge < -0.3 is 30.9 Å². The summed E-state index contributed by atoms with van der Waals surface area (Å²) in [5, 5.41) is 31.4. The number of carboxylic acid groups (broad SMARTS) is 1. The highest BCUT2D eigenvalue weighted by atomic mass is 32.2. The topological polar surface area (TPSA) is 314 Å². The molecule has 6 unspecified atom stereocenters. The Bertz CT molecular complexity index is 1890. The first-order chi connectivity index (χ1) is 30.9. The molecule has 2 aliphatic heterocycles. The van der Waals surface area contributed by atoms with Crippen LogP contribution in [0.15, 0.2) is 0 Å². The summed E-state index contributed by atoms with van der Waals surface area (Å²) in [5.74, 6) is -8.68. The van der Waals surface area contributed by atoms with Crippen LogP contribution in [-0.2, 0) is 57.4 Å². The van der Waals surface area contributed by atoms with Crippen LogP contribution in [0.5, 0.6) is 0 Å². The summed E-state index contributed by atoms with van der Waals surface area (Å²) in [7, 11) is 0. The number of carboxylic acids is 1. The molecule has 0 spiro atoms. The molecule has 2 saturated heterocycles. The Balaban J connectivity index is 1.12. The van der Waals surface area contributed by atoms with Gasteiger partial charge in [0.15, 0.2) is 5.78 Å². The largest absolute Gasteiger partial charge is 0.481 e. The van der Waals surface area contributed by atoms with E-state index >= 15 is 0 Å². The molecule has 2 heterocycles. The number of carbonyl (C=O) groups is 10. The van der Waals surface area contributed by atoms with Gasteiger partial charge in [-0.3, -0.25) is 57.7 Å². The normalized spacial score (nSPS) is 25.1. The Morgan fingerprint density at radius 1 is 0.708 bits per heavy atom. The Morgan fingerprint density at radius 2 is 1.11 bits per heavy atom. The van der Waals surface area contributed by atoms with Crippen molar-refractivity contribution in [3.63, 3.8) is 0 Å². The third kappa shape index (κ3) is 15.5. The van der Waals surface area contributed by atoms with E-state index in [4.69, 9.17) is 25.7 Å². The van der Waals surface area contributed by atoms with E-state index < -0.39 is 70.3 Å². The van der Waals surface area contributed by atoms with Crippen LogP contribution in [0.4, 0.5) is 0 Å². The van der Waals surface area contributed by atoms with E-state index in [0.717, 1.165) is 23.5 Å². The highest BCUT2D eigenvalue weighted by Gasteiger charge is 2.43. The number of ketones is 1. The molecule has 4 rings (SSSR count). The van der Waals surface area contributed by atoms with Crippen molar-refractivity contribution in [1.29, 1.82) is 10.5 Å². The minimum atomic E-state index is -1.26. The molecule has 65 heavy (non-hydrogen) atoms. The van der Waals surface area contributed by atoms with Gasteiger partial charge in [0, 0.05) is 55.7 Å². The molecule has 0 aromatic heterocycles. The van der Waals surface area contributed by atoms with Crippen LogP contribution in [0, 0.1) is 64.1 Å². The lowest BCUT2D eigenvalue weighted by molar-refractivity contribution is -0.147. The minimum Gasteiger partial charge on any atom is -0.481 e. The van der Waals surface area contributed by atoms with Crippen LogP contribution >= 0.6 is 23.5 Å². The lowest BCUT2D eigenvalue weighted by atomic mass is 9.81. The fraction of sp³-hybridized carbons (Fsp3) is 0.721. The Morgan fingerprint density at radius 3 is 1.49 bits per heavy atom. The number of likely N-dealkylation sites (tertiary alicyclic amines) is 2. The first kappa shape index (κ1) is 52.6. The van der Waals surface area contributed by atoms with Crippen molar-refractivity contribution in [2.45, 2.75) is 101 Å². The number of Topliss-reactive ketones (excluding diaryl/α,β-unsaturated/α-hetero) is 1. The third-order valence-electron chi connectivity index (χ3n) is 12.3. The number of thioether (sulfide) groups is 2. The van der Waals surface area contributed by atoms with E-state index in [1.165, 1.54) is 23.6 Å². The van der Waals surface area contributed by atoms with Crippen molar-refractivity contribution in [2.24, 2.45) is 47.2 Å². The molecule has 20 nitrogen and oxygen atoms in total. The molecule has 356 valence electrons. The minimum absolute atomic E-state index is 0.00628. The van der Waals surface area contributed by atoms with Crippen LogP contribution in [0.25, 0.3) is 0 Å². The number of nitriles is 2. The van der Waals surface area contributed by atoms with Crippen molar-refractivity contribution < 1.29 is 62.5 Å². The fourth-order valence-electron chi connectivity index (χ4n) is 8.13. The number of esters is 2. The Kier molecular flexibility index (Phi) is 20.7. The summed E-state index contributed by atoms with van der Waals surface area (Å²) in [6, 6.07) is 2.45.